The molecule has 12 heteroatoms. The number of anilines is 1. The summed E-state index contributed by atoms with van der Waals surface area (Å²) in [6.07, 6.45) is -4.04. The van der Waals surface area contributed by atoms with E-state index in [1.807, 2.05) is 0 Å². The predicted molar refractivity (Wildman–Crippen MR) is 75.0 cm³/mol. The second-order valence-electron chi connectivity index (χ2n) is 4.28. The van der Waals surface area contributed by atoms with Crippen molar-refractivity contribution in [1.29, 1.82) is 0 Å². The number of rotatable bonds is 5. The van der Waals surface area contributed by atoms with Crippen molar-refractivity contribution < 1.29 is 31.5 Å². The Balaban J connectivity index is 2.41. The van der Waals surface area contributed by atoms with E-state index in [-0.39, 0.29) is 11.4 Å². The van der Waals surface area contributed by atoms with Crippen LogP contribution in [0.25, 0.3) is 0 Å². The van der Waals surface area contributed by atoms with Gasteiger partial charge in [0.15, 0.2) is 5.69 Å². The van der Waals surface area contributed by atoms with Gasteiger partial charge in [-0.05, 0) is 13.0 Å². The maximum atomic E-state index is 13.0. The van der Waals surface area contributed by atoms with Crippen molar-refractivity contribution in [3.05, 3.63) is 28.2 Å². The highest BCUT2D eigenvalue weighted by Crippen LogP contribution is 2.36. The molecule has 0 amide bonds. The molecule has 0 atom stereocenters. The topological polar surface area (TPSA) is 101 Å². The van der Waals surface area contributed by atoms with Gasteiger partial charge in [0.05, 0.1) is 16.8 Å². The van der Waals surface area contributed by atoms with Crippen LogP contribution in [0.1, 0.15) is 22.3 Å². The lowest BCUT2D eigenvalue weighted by molar-refractivity contribution is -0.143. The Bertz CT molecular complexity index is 839. The molecule has 0 saturated heterocycles. The fraction of sp³-hybridized carbons (Fsp3) is 0.273. The third-order valence-electron chi connectivity index (χ3n) is 2.75. The van der Waals surface area contributed by atoms with Crippen molar-refractivity contribution in [3.63, 3.8) is 0 Å². The Morgan fingerprint density at radius 2 is 2.13 bits per heavy atom. The summed E-state index contributed by atoms with van der Waals surface area (Å²) in [5, 5.41) is 13.3. The number of carbonyl (C=O) groups is 1. The molecule has 0 aliphatic carbocycles. The van der Waals surface area contributed by atoms with Crippen LogP contribution in [0.15, 0.2) is 22.5 Å². The Kier molecular flexibility index (Phi) is 4.39. The quantitative estimate of drug-likeness (QED) is 0.843. The first-order valence-electron chi connectivity index (χ1n) is 6.04. The van der Waals surface area contributed by atoms with E-state index >= 15 is 0 Å². The van der Waals surface area contributed by atoms with Gasteiger partial charge in [-0.2, -0.15) is 18.3 Å². The summed E-state index contributed by atoms with van der Waals surface area (Å²) in [7, 11) is -4.36. The number of aromatic carboxylic acids is 1. The summed E-state index contributed by atoms with van der Waals surface area (Å²) in [5.74, 6) is -1.33. The summed E-state index contributed by atoms with van der Waals surface area (Å²) in [6.45, 7) is 1.33. The summed E-state index contributed by atoms with van der Waals surface area (Å²) >= 11 is 0.653. The van der Waals surface area contributed by atoms with Gasteiger partial charge in [0, 0.05) is 11.9 Å². The van der Waals surface area contributed by atoms with Crippen LogP contribution in [0, 0.1) is 0 Å². The van der Waals surface area contributed by atoms with E-state index in [1.165, 1.54) is 6.92 Å². The zero-order chi connectivity index (χ0) is 17.4. The number of sulfonamides is 1. The maximum Gasteiger partial charge on any atom is 0.435 e. The minimum atomic E-state index is -4.80. The van der Waals surface area contributed by atoms with E-state index in [9.17, 15) is 26.4 Å². The summed E-state index contributed by atoms with van der Waals surface area (Å²) in [4.78, 5) is 10.1. The zero-order valence-electron chi connectivity index (χ0n) is 11.5. The van der Waals surface area contributed by atoms with E-state index in [0.29, 0.717) is 16.0 Å². The Morgan fingerprint density at radius 3 is 2.61 bits per heavy atom. The zero-order valence-corrected chi connectivity index (χ0v) is 13.1. The SMILES string of the molecule is CCn1ncc(NS(=O)(=O)c2csc(C(=O)O)c2)c1C(F)(F)F. The molecule has 2 rings (SSSR count). The Morgan fingerprint density at radius 1 is 1.48 bits per heavy atom. The lowest BCUT2D eigenvalue weighted by atomic mass is 10.3. The van der Waals surface area contributed by atoms with E-state index in [2.05, 4.69) is 5.10 Å². The van der Waals surface area contributed by atoms with Crippen LogP contribution in [0.2, 0.25) is 0 Å². The lowest BCUT2D eigenvalue weighted by Crippen LogP contribution is -2.19. The first kappa shape index (κ1) is 17.3. The molecule has 7 nitrogen and oxygen atoms in total. The molecule has 2 aromatic heterocycles. The number of alkyl halides is 3. The molecule has 2 aromatic rings. The molecule has 0 aromatic carbocycles. The van der Waals surface area contributed by atoms with Crippen molar-refractivity contribution in [2.75, 3.05) is 4.72 Å². The van der Waals surface area contributed by atoms with Crippen LogP contribution >= 0.6 is 11.3 Å². The Hall–Kier alpha value is -2.08. The van der Waals surface area contributed by atoms with Crippen LogP contribution in [0.5, 0.6) is 0 Å². The van der Waals surface area contributed by atoms with Gasteiger partial charge in [0.1, 0.15) is 4.88 Å². The van der Waals surface area contributed by atoms with Crippen molar-refractivity contribution >= 4 is 33.0 Å². The van der Waals surface area contributed by atoms with Gasteiger partial charge in [-0.1, -0.05) is 0 Å². The van der Waals surface area contributed by atoms with Gasteiger partial charge in [-0.25, -0.2) is 13.2 Å². The third kappa shape index (κ3) is 3.47. The van der Waals surface area contributed by atoms with Gasteiger partial charge < -0.3 is 5.11 Å². The molecule has 0 radical (unpaired) electrons. The fourth-order valence-electron chi connectivity index (χ4n) is 1.77. The number of nitrogens with zero attached hydrogens (tertiary/aromatic N) is 2. The summed E-state index contributed by atoms with van der Waals surface area (Å²) in [5.41, 5.74) is -1.94. The van der Waals surface area contributed by atoms with Crippen molar-refractivity contribution in [2.24, 2.45) is 0 Å². The summed E-state index contributed by atoms with van der Waals surface area (Å²) < 4.78 is 65.8. The van der Waals surface area contributed by atoms with Gasteiger partial charge in [0.2, 0.25) is 0 Å². The van der Waals surface area contributed by atoms with Crippen LogP contribution in [-0.2, 0) is 22.7 Å². The number of hydrogen-bond donors (Lipinski definition) is 2. The smallest absolute Gasteiger partial charge is 0.435 e. The molecule has 126 valence electrons. The molecule has 23 heavy (non-hydrogen) atoms. The minimum absolute atomic E-state index is 0.0990. The molecular weight excluding hydrogens is 359 g/mol. The van der Waals surface area contributed by atoms with Crippen molar-refractivity contribution in [2.45, 2.75) is 24.5 Å². The molecule has 2 heterocycles. The maximum absolute atomic E-state index is 13.0. The van der Waals surface area contributed by atoms with Crippen molar-refractivity contribution in [1.82, 2.24) is 9.78 Å². The van der Waals surface area contributed by atoms with Crippen LogP contribution in [0.3, 0.4) is 0 Å². The number of carboxylic acids is 1. The molecule has 0 saturated carbocycles. The lowest BCUT2D eigenvalue weighted by Gasteiger charge is -2.12. The number of nitrogens with one attached hydrogen (secondary N) is 1. The number of carboxylic acid groups (broad SMARTS) is 1. The average molecular weight is 369 g/mol. The van der Waals surface area contributed by atoms with Gasteiger partial charge in [-0.15, -0.1) is 11.3 Å². The molecular formula is C11H10F3N3O4S2. The van der Waals surface area contributed by atoms with Crippen LogP contribution < -0.4 is 4.72 Å². The molecule has 0 aliphatic rings. The highest BCUT2D eigenvalue weighted by molar-refractivity contribution is 7.92. The van der Waals surface area contributed by atoms with E-state index in [1.54, 1.807) is 4.72 Å². The van der Waals surface area contributed by atoms with E-state index < -0.39 is 38.4 Å². The van der Waals surface area contributed by atoms with E-state index in [4.69, 9.17) is 5.11 Å². The normalized spacial score (nSPS) is 12.3. The number of aromatic nitrogens is 2. The second kappa shape index (κ2) is 5.85. The van der Waals surface area contributed by atoms with Gasteiger partial charge in [-0.3, -0.25) is 9.40 Å². The fourth-order valence-corrected chi connectivity index (χ4v) is 3.94. The standard InChI is InChI=1S/C11H10F3N3O4S2/c1-2-17-9(11(12,13)14)7(4-15-17)16-23(20,21)6-3-8(10(18)19)22-5-6/h3-5,16H,2H2,1H3,(H,18,19). The van der Waals surface area contributed by atoms with Crippen LogP contribution in [-0.4, -0.2) is 29.3 Å². The largest absolute Gasteiger partial charge is 0.477 e. The molecule has 0 fully saturated rings. The minimum Gasteiger partial charge on any atom is -0.477 e. The average Bonchev–Trinajstić information content (AvgIpc) is 3.03. The van der Waals surface area contributed by atoms with Gasteiger partial charge >= 0.3 is 12.1 Å². The first-order chi connectivity index (χ1) is 10.6. The number of thiophene rings is 1. The highest BCUT2D eigenvalue weighted by atomic mass is 32.2. The number of hydrogen-bond acceptors (Lipinski definition) is 5. The third-order valence-corrected chi connectivity index (χ3v) is 5.16. The van der Waals surface area contributed by atoms with Crippen LogP contribution in [0.4, 0.5) is 18.9 Å². The van der Waals surface area contributed by atoms with Gasteiger partial charge in [0.25, 0.3) is 10.0 Å². The molecule has 0 spiro atoms. The first-order valence-corrected chi connectivity index (χ1v) is 8.40. The summed E-state index contributed by atoms with van der Waals surface area (Å²) in [6, 6.07) is 0.868. The molecule has 0 unspecified atom stereocenters. The van der Waals surface area contributed by atoms with Crippen molar-refractivity contribution in [3.8, 4) is 0 Å². The molecule has 0 bridgehead atoms. The number of aryl methyl sites for hydroxylation is 1. The predicted octanol–water partition coefficient (Wildman–Crippen LogP) is 2.48. The number of halogens is 3. The molecule has 2 N–H and O–H groups in total. The molecule has 0 aliphatic heterocycles. The Labute approximate surface area is 132 Å². The van der Waals surface area contributed by atoms with E-state index in [0.717, 1.165) is 17.6 Å². The monoisotopic (exact) mass is 369 g/mol. The second-order valence-corrected chi connectivity index (χ2v) is 6.87. The highest BCUT2D eigenvalue weighted by Gasteiger charge is 2.39.